The zero-order valence-electron chi connectivity index (χ0n) is 22.6. The lowest BCUT2D eigenvalue weighted by molar-refractivity contribution is 0.669. The van der Waals surface area contributed by atoms with E-state index < -0.39 is 0 Å². The van der Waals surface area contributed by atoms with Crippen molar-refractivity contribution in [3.8, 4) is 22.3 Å². The molecule has 10 radical (unpaired) electrons. The van der Waals surface area contributed by atoms with E-state index in [1.165, 1.54) is 5.39 Å². The first-order chi connectivity index (χ1) is 20.4. The van der Waals surface area contributed by atoms with Crippen LogP contribution in [0.1, 0.15) is 0 Å². The van der Waals surface area contributed by atoms with E-state index in [1.807, 2.05) is 30.3 Å². The van der Waals surface area contributed by atoms with Gasteiger partial charge in [0.1, 0.15) is 50.4 Å². The predicted molar refractivity (Wildman–Crippen MR) is 184 cm³/mol. The van der Waals surface area contributed by atoms with Crippen molar-refractivity contribution >= 4 is 121 Å². The first kappa shape index (κ1) is 25.2. The molecular formula is C36H17B5O. The second kappa shape index (κ2) is 9.23. The van der Waals surface area contributed by atoms with Gasteiger partial charge in [-0.05, 0) is 78.8 Å². The lowest BCUT2D eigenvalue weighted by atomic mass is 9.59. The van der Waals surface area contributed by atoms with Crippen LogP contribution in [0.3, 0.4) is 0 Å². The average Bonchev–Trinajstić information content (AvgIpc) is 3.38. The normalized spacial score (nSPS) is 11.8. The van der Waals surface area contributed by atoms with Crippen molar-refractivity contribution in [3.05, 3.63) is 103 Å². The maximum atomic E-state index is 6.61. The summed E-state index contributed by atoms with van der Waals surface area (Å²) in [5.74, 6) is 0. The molecule has 0 saturated heterocycles. The van der Waals surface area contributed by atoms with Gasteiger partial charge in [-0.2, -0.15) is 0 Å². The Morgan fingerprint density at radius 1 is 0.357 bits per heavy atom. The fourth-order valence-electron chi connectivity index (χ4n) is 6.45. The first-order valence-corrected chi connectivity index (χ1v) is 13.7. The second-order valence-corrected chi connectivity index (χ2v) is 10.8. The van der Waals surface area contributed by atoms with Crippen molar-refractivity contribution < 1.29 is 4.42 Å². The van der Waals surface area contributed by atoms with E-state index in [0.29, 0.717) is 16.5 Å². The number of hydrogen-bond acceptors (Lipinski definition) is 1. The van der Waals surface area contributed by atoms with Gasteiger partial charge in [-0.1, -0.05) is 89.8 Å². The summed E-state index contributed by atoms with van der Waals surface area (Å²) >= 11 is 0. The molecule has 8 aromatic rings. The van der Waals surface area contributed by atoms with Gasteiger partial charge in [-0.15, -0.1) is 16.4 Å². The lowest BCUT2D eigenvalue weighted by Gasteiger charge is -2.25. The monoisotopic (exact) mass is 520 g/mol. The highest BCUT2D eigenvalue weighted by atomic mass is 16.3. The van der Waals surface area contributed by atoms with Crippen LogP contribution in [0.4, 0.5) is 0 Å². The van der Waals surface area contributed by atoms with E-state index in [2.05, 4.69) is 72.8 Å². The standard InChI is InChI=1S/C36H17B5O/c37-32-31(33(38)35(40)36(41)34(32)39)30-23-11-5-3-9-21(23)29(22-10-4-6-12-24(22)30)20-13-14-27-25(16-20)26-15-18-7-1-2-8-19(18)17-28(26)42-27/h1-17H. The Morgan fingerprint density at radius 3 is 1.43 bits per heavy atom. The molecule has 0 unspecified atom stereocenters. The van der Waals surface area contributed by atoms with Crippen molar-refractivity contribution in [1.82, 2.24) is 0 Å². The number of fused-ring (bicyclic) bond motifs is 6. The second-order valence-electron chi connectivity index (χ2n) is 10.8. The van der Waals surface area contributed by atoms with Crippen LogP contribution in [-0.4, -0.2) is 39.2 Å². The minimum Gasteiger partial charge on any atom is -0.456 e. The molecule has 0 saturated carbocycles. The van der Waals surface area contributed by atoms with E-state index in [0.717, 1.165) is 65.6 Å². The van der Waals surface area contributed by atoms with Crippen LogP contribution in [0.25, 0.3) is 76.5 Å². The third-order valence-electron chi connectivity index (χ3n) is 8.51. The molecule has 0 atom stereocenters. The minimum absolute atomic E-state index is 0.201. The third-order valence-corrected chi connectivity index (χ3v) is 8.51. The fraction of sp³-hybridized carbons (Fsp3) is 0. The van der Waals surface area contributed by atoms with Crippen LogP contribution in [0, 0.1) is 0 Å². The highest BCUT2D eigenvalue weighted by Crippen LogP contribution is 2.44. The van der Waals surface area contributed by atoms with Crippen molar-refractivity contribution in [2.24, 2.45) is 0 Å². The summed E-state index contributed by atoms with van der Waals surface area (Å²) < 4.78 is 6.30. The maximum absolute atomic E-state index is 6.61. The van der Waals surface area contributed by atoms with Crippen LogP contribution in [0.2, 0.25) is 0 Å². The average molecular weight is 520 g/mol. The number of furan rings is 1. The van der Waals surface area contributed by atoms with Gasteiger partial charge in [-0.25, -0.2) is 0 Å². The molecule has 0 aliphatic rings. The van der Waals surface area contributed by atoms with Gasteiger partial charge in [0.15, 0.2) is 0 Å². The van der Waals surface area contributed by atoms with Gasteiger partial charge < -0.3 is 4.42 Å². The highest BCUT2D eigenvalue weighted by molar-refractivity contribution is 6.69. The van der Waals surface area contributed by atoms with E-state index in [9.17, 15) is 0 Å². The summed E-state index contributed by atoms with van der Waals surface area (Å²) in [7, 11) is 32.0. The van der Waals surface area contributed by atoms with E-state index >= 15 is 0 Å². The predicted octanol–water partition coefficient (Wildman–Crippen LogP) is 4.35. The SMILES string of the molecule is [B]c1c([B])c([B])c(-c2c3ccccc3c(-c3ccc4oc5cc6ccccc6cc5c4c3)c3ccccc23)c([B])c1[B]. The van der Waals surface area contributed by atoms with Crippen LogP contribution < -0.4 is 27.3 Å². The molecule has 1 nitrogen and oxygen atoms in total. The van der Waals surface area contributed by atoms with Crippen LogP contribution >= 0.6 is 0 Å². The molecule has 0 N–H and O–H groups in total. The molecule has 1 heterocycles. The largest absolute Gasteiger partial charge is 0.456 e. The maximum Gasteiger partial charge on any atom is 0.136 e. The minimum atomic E-state index is 0.201. The zero-order valence-corrected chi connectivity index (χ0v) is 22.6. The van der Waals surface area contributed by atoms with Gasteiger partial charge in [0.25, 0.3) is 0 Å². The van der Waals surface area contributed by atoms with Crippen molar-refractivity contribution in [2.45, 2.75) is 0 Å². The van der Waals surface area contributed by atoms with Crippen LogP contribution in [-0.2, 0) is 0 Å². The molecule has 0 aliphatic heterocycles. The smallest absolute Gasteiger partial charge is 0.136 e. The van der Waals surface area contributed by atoms with Crippen LogP contribution in [0.5, 0.6) is 0 Å². The molecule has 0 aliphatic carbocycles. The number of hydrogen-bond donors (Lipinski definition) is 0. The summed E-state index contributed by atoms with van der Waals surface area (Å²) in [6, 6.07) is 35.6. The molecule has 0 bridgehead atoms. The molecule has 182 valence electrons. The Bertz CT molecular complexity index is 2340. The quantitative estimate of drug-likeness (QED) is 0.245. The summed E-state index contributed by atoms with van der Waals surface area (Å²) in [5.41, 5.74) is 6.69. The molecule has 0 amide bonds. The number of benzene rings is 7. The van der Waals surface area contributed by atoms with Crippen molar-refractivity contribution in [1.29, 1.82) is 0 Å². The van der Waals surface area contributed by atoms with Crippen molar-refractivity contribution in [3.63, 3.8) is 0 Å². The summed E-state index contributed by atoms with van der Waals surface area (Å²) in [6.07, 6.45) is 0. The van der Waals surface area contributed by atoms with E-state index in [-0.39, 0.29) is 16.4 Å². The third kappa shape index (κ3) is 3.51. The number of rotatable bonds is 2. The zero-order chi connectivity index (χ0) is 28.7. The van der Waals surface area contributed by atoms with Crippen molar-refractivity contribution in [2.75, 3.05) is 0 Å². The van der Waals surface area contributed by atoms with Gasteiger partial charge in [0.05, 0.1) is 0 Å². The molecule has 6 heteroatoms. The Morgan fingerprint density at radius 2 is 0.833 bits per heavy atom. The molecule has 0 fully saturated rings. The molecular weight excluding hydrogens is 502 g/mol. The fourth-order valence-corrected chi connectivity index (χ4v) is 6.45. The van der Waals surface area contributed by atoms with Crippen LogP contribution in [0.15, 0.2) is 108 Å². The lowest BCUT2D eigenvalue weighted by Crippen LogP contribution is -2.55. The first-order valence-electron chi connectivity index (χ1n) is 13.7. The Labute approximate surface area is 250 Å². The molecule has 7 aromatic carbocycles. The van der Waals surface area contributed by atoms with Gasteiger partial charge in [0, 0.05) is 10.8 Å². The van der Waals surface area contributed by atoms with E-state index in [4.69, 9.17) is 43.6 Å². The Kier molecular flexibility index (Phi) is 5.53. The highest BCUT2D eigenvalue weighted by Gasteiger charge is 2.21. The van der Waals surface area contributed by atoms with Gasteiger partial charge in [0.2, 0.25) is 0 Å². The summed E-state index contributed by atoms with van der Waals surface area (Å²) in [6.45, 7) is 0. The summed E-state index contributed by atoms with van der Waals surface area (Å²) in [4.78, 5) is 0. The van der Waals surface area contributed by atoms with Gasteiger partial charge >= 0.3 is 0 Å². The Balaban J connectivity index is 1.49. The molecule has 0 spiro atoms. The summed E-state index contributed by atoms with van der Waals surface area (Å²) in [5, 5.41) is 8.55. The topological polar surface area (TPSA) is 13.1 Å². The molecule has 8 rings (SSSR count). The Hall–Kier alpha value is -4.56. The molecule has 1 aromatic heterocycles. The molecule has 42 heavy (non-hydrogen) atoms. The van der Waals surface area contributed by atoms with E-state index in [1.54, 1.807) is 0 Å². The van der Waals surface area contributed by atoms with Gasteiger partial charge in [-0.3, -0.25) is 0 Å².